The molecule has 0 saturated heterocycles. The molecule has 2 rings (SSSR count). The summed E-state index contributed by atoms with van der Waals surface area (Å²) in [5, 5.41) is 12.6. The Morgan fingerprint density at radius 2 is 2.44 bits per heavy atom. The first-order valence-corrected chi connectivity index (χ1v) is 5.84. The van der Waals surface area contributed by atoms with E-state index in [9.17, 15) is 4.79 Å². The molecule has 1 saturated carbocycles. The van der Waals surface area contributed by atoms with Crippen LogP contribution >= 0.6 is 11.6 Å². The van der Waals surface area contributed by atoms with E-state index in [2.05, 4.69) is 10.3 Å². The SMILES string of the molecule is O=C(NC1CCCC1CO)c1cc(Cl)c[nH]1. The van der Waals surface area contributed by atoms with Crippen LogP contribution in [0, 0.1) is 5.92 Å². The van der Waals surface area contributed by atoms with Crippen molar-refractivity contribution in [2.75, 3.05) is 6.61 Å². The van der Waals surface area contributed by atoms with Gasteiger partial charge in [0, 0.05) is 24.8 Å². The lowest BCUT2D eigenvalue weighted by Gasteiger charge is -2.18. The topological polar surface area (TPSA) is 65.1 Å². The summed E-state index contributed by atoms with van der Waals surface area (Å²) in [7, 11) is 0. The predicted octanol–water partition coefficient (Wildman–Crippen LogP) is 1.56. The number of halogens is 1. The molecule has 16 heavy (non-hydrogen) atoms. The molecule has 1 aliphatic carbocycles. The first-order valence-electron chi connectivity index (χ1n) is 5.46. The van der Waals surface area contributed by atoms with Crippen LogP contribution in [0.5, 0.6) is 0 Å². The third-order valence-electron chi connectivity index (χ3n) is 3.10. The van der Waals surface area contributed by atoms with Gasteiger partial charge in [-0.25, -0.2) is 0 Å². The van der Waals surface area contributed by atoms with Gasteiger partial charge in [0.25, 0.3) is 5.91 Å². The first-order chi connectivity index (χ1) is 7.70. The van der Waals surface area contributed by atoms with Crippen molar-refractivity contribution in [1.29, 1.82) is 0 Å². The van der Waals surface area contributed by atoms with Crippen molar-refractivity contribution < 1.29 is 9.90 Å². The Kier molecular flexibility index (Phi) is 3.51. The van der Waals surface area contributed by atoms with E-state index in [-0.39, 0.29) is 24.5 Å². The number of hydrogen-bond donors (Lipinski definition) is 3. The fraction of sp³-hybridized carbons (Fsp3) is 0.545. The zero-order valence-corrected chi connectivity index (χ0v) is 9.63. The molecule has 4 nitrogen and oxygen atoms in total. The molecule has 1 aromatic rings. The van der Waals surface area contributed by atoms with Gasteiger partial charge in [-0.2, -0.15) is 0 Å². The van der Waals surface area contributed by atoms with E-state index in [0.29, 0.717) is 10.7 Å². The fourth-order valence-electron chi connectivity index (χ4n) is 2.19. The smallest absolute Gasteiger partial charge is 0.267 e. The molecule has 0 radical (unpaired) electrons. The van der Waals surface area contributed by atoms with Crippen molar-refractivity contribution in [2.24, 2.45) is 5.92 Å². The molecular formula is C11H15ClN2O2. The number of carbonyl (C=O) groups is 1. The molecule has 2 atom stereocenters. The molecular weight excluding hydrogens is 228 g/mol. The number of aliphatic hydroxyl groups excluding tert-OH is 1. The maximum atomic E-state index is 11.8. The summed E-state index contributed by atoms with van der Waals surface area (Å²) in [5.74, 6) is 0.0339. The average molecular weight is 243 g/mol. The Labute approximate surface area is 99.0 Å². The van der Waals surface area contributed by atoms with Crippen molar-refractivity contribution in [3.8, 4) is 0 Å². The number of aliphatic hydroxyl groups is 1. The summed E-state index contributed by atoms with van der Waals surface area (Å²) >= 11 is 5.73. The Bertz CT molecular complexity index is 378. The minimum Gasteiger partial charge on any atom is -0.396 e. The van der Waals surface area contributed by atoms with Crippen LogP contribution in [0.3, 0.4) is 0 Å². The highest BCUT2D eigenvalue weighted by Gasteiger charge is 2.28. The van der Waals surface area contributed by atoms with Gasteiger partial charge in [-0.3, -0.25) is 4.79 Å². The molecule has 0 aliphatic heterocycles. The molecule has 1 aliphatic rings. The molecule has 88 valence electrons. The molecule has 0 aromatic carbocycles. The molecule has 2 unspecified atom stereocenters. The summed E-state index contributed by atoms with van der Waals surface area (Å²) in [4.78, 5) is 14.6. The monoisotopic (exact) mass is 242 g/mol. The minimum atomic E-state index is -0.155. The zero-order valence-electron chi connectivity index (χ0n) is 8.87. The van der Waals surface area contributed by atoms with E-state index < -0.39 is 0 Å². The van der Waals surface area contributed by atoms with Gasteiger partial charge < -0.3 is 15.4 Å². The summed E-state index contributed by atoms with van der Waals surface area (Å²) in [6.45, 7) is 0.135. The number of amides is 1. The Balaban J connectivity index is 1.97. The standard InChI is InChI=1S/C11H15ClN2O2/c12-8-4-10(13-5-8)11(16)14-9-3-1-2-7(9)6-15/h4-5,7,9,13,15H,1-3,6H2,(H,14,16). The van der Waals surface area contributed by atoms with E-state index in [4.69, 9.17) is 16.7 Å². The minimum absolute atomic E-state index is 0.0829. The third kappa shape index (κ3) is 2.39. The molecule has 1 fully saturated rings. The van der Waals surface area contributed by atoms with Crippen LogP contribution in [0.2, 0.25) is 5.02 Å². The maximum absolute atomic E-state index is 11.8. The van der Waals surface area contributed by atoms with Crippen molar-refractivity contribution in [2.45, 2.75) is 25.3 Å². The average Bonchev–Trinajstić information content (AvgIpc) is 2.86. The zero-order chi connectivity index (χ0) is 11.5. The number of aromatic nitrogens is 1. The summed E-state index contributed by atoms with van der Waals surface area (Å²) in [5.41, 5.74) is 0.466. The van der Waals surface area contributed by atoms with Crippen LogP contribution in [0.15, 0.2) is 12.3 Å². The van der Waals surface area contributed by atoms with Gasteiger partial charge in [-0.1, -0.05) is 18.0 Å². The van der Waals surface area contributed by atoms with Crippen LogP contribution in [0.25, 0.3) is 0 Å². The summed E-state index contributed by atoms with van der Waals surface area (Å²) in [6.07, 6.45) is 4.55. The summed E-state index contributed by atoms with van der Waals surface area (Å²) in [6, 6.07) is 1.68. The molecule has 3 N–H and O–H groups in total. The fourth-order valence-corrected chi connectivity index (χ4v) is 2.35. The lowest BCUT2D eigenvalue weighted by atomic mass is 10.1. The van der Waals surface area contributed by atoms with Gasteiger partial charge >= 0.3 is 0 Å². The maximum Gasteiger partial charge on any atom is 0.267 e. The predicted molar refractivity (Wildman–Crippen MR) is 61.5 cm³/mol. The van der Waals surface area contributed by atoms with E-state index >= 15 is 0 Å². The number of hydrogen-bond acceptors (Lipinski definition) is 2. The van der Waals surface area contributed by atoms with Crippen molar-refractivity contribution in [3.05, 3.63) is 23.0 Å². The summed E-state index contributed by atoms with van der Waals surface area (Å²) < 4.78 is 0. The number of nitrogens with one attached hydrogen (secondary N) is 2. The Morgan fingerprint density at radius 3 is 3.06 bits per heavy atom. The second-order valence-electron chi connectivity index (χ2n) is 4.19. The highest BCUT2D eigenvalue weighted by molar-refractivity contribution is 6.30. The second kappa shape index (κ2) is 4.89. The Morgan fingerprint density at radius 1 is 1.62 bits per heavy atom. The quantitative estimate of drug-likeness (QED) is 0.753. The van der Waals surface area contributed by atoms with Crippen LogP contribution in [-0.4, -0.2) is 28.6 Å². The normalized spacial score (nSPS) is 24.6. The Hall–Kier alpha value is -1.00. The van der Waals surface area contributed by atoms with Crippen LogP contribution in [0.4, 0.5) is 0 Å². The highest BCUT2D eigenvalue weighted by Crippen LogP contribution is 2.25. The number of aromatic amines is 1. The molecule has 1 amide bonds. The lowest BCUT2D eigenvalue weighted by Crippen LogP contribution is -2.38. The molecule has 5 heteroatoms. The van der Waals surface area contributed by atoms with Gasteiger partial charge in [0.15, 0.2) is 0 Å². The van der Waals surface area contributed by atoms with Gasteiger partial charge in [0.05, 0.1) is 5.02 Å². The van der Waals surface area contributed by atoms with E-state index in [1.54, 1.807) is 12.3 Å². The lowest BCUT2D eigenvalue weighted by molar-refractivity contribution is 0.0911. The number of carbonyl (C=O) groups excluding carboxylic acids is 1. The molecule has 1 aromatic heterocycles. The number of rotatable bonds is 3. The largest absolute Gasteiger partial charge is 0.396 e. The number of H-pyrrole nitrogens is 1. The molecule has 0 spiro atoms. The second-order valence-corrected chi connectivity index (χ2v) is 4.62. The van der Waals surface area contributed by atoms with E-state index in [1.807, 2.05) is 0 Å². The van der Waals surface area contributed by atoms with Gasteiger partial charge in [0.2, 0.25) is 0 Å². The van der Waals surface area contributed by atoms with Crippen molar-refractivity contribution in [1.82, 2.24) is 10.3 Å². The third-order valence-corrected chi connectivity index (χ3v) is 3.32. The van der Waals surface area contributed by atoms with E-state index in [0.717, 1.165) is 19.3 Å². The first kappa shape index (κ1) is 11.5. The van der Waals surface area contributed by atoms with Crippen LogP contribution in [0.1, 0.15) is 29.8 Å². The van der Waals surface area contributed by atoms with Crippen molar-refractivity contribution >= 4 is 17.5 Å². The molecule has 0 bridgehead atoms. The van der Waals surface area contributed by atoms with Gasteiger partial charge in [-0.15, -0.1) is 0 Å². The van der Waals surface area contributed by atoms with E-state index in [1.165, 1.54) is 0 Å². The van der Waals surface area contributed by atoms with Crippen molar-refractivity contribution in [3.63, 3.8) is 0 Å². The van der Waals surface area contributed by atoms with Crippen LogP contribution in [-0.2, 0) is 0 Å². The highest BCUT2D eigenvalue weighted by atomic mass is 35.5. The van der Waals surface area contributed by atoms with Crippen LogP contribution < -0.4 is 5.32 Å². The van der Waals surface area contributed by atoms with Gasteiger partial charge in [0.1, 0.15) is 5.69 Å². The molecule has 1 heterocycles. The van der Waals surface area contributed by atoms with Gasteiger partial charge in [-0.05, 0) is 18.9 Å².